The van der Waals surface area contributed by atoms with Crippen LogP contribution in [0.3, 0.4) is 0 Å². The highest BCUT2D eigenvalue weighted by atomic mass is 16.5. The molecule has 3 aromatic rings. The summed E-state index contributed by atoms with van der Waals surface area (Å²) in [7, 11) is 0. The molecule has 0 radical (unpaired) electrons. The molecule has 7 nitrogen and oxygen atoms in total. The molecule has 0 amide bonds. The molecule has 4 rings (SSSR count). The second kappa shape index (κ2) is 6.31. The summed E-state index contributed by atoms with van der Waals surface area (Å²) in [5.41, 5.74) is 1.73. The Bertz CT molecular complexity index is 878. The van der Waals surface area contributed by atoms with Crippen LogP contribution in [-0.4, -0.2) is 30.5 Å². The van der Waals surface area contributed by atoms with E-state index in [1.165, 1.54) is 0 Å². The van der Waals surface area contributed by atoms with Crippen LogP contribution < -0.4 is 0 Å². The first-order chi connectivity index (χ1) is 12.1. The minimum atomic E-state index is -0.138. The van der Waals surface area contributed by atoms with Crippen molar-refractivity contribution in [3.63, 3.8) is 0 Å². The molecule has 0 unspecified atom stereocenters. The van der Waals surface area contributed by atoms with Crippen molar-refractivity contribution >= 4 is 17.0 Å². The van der Waals surface area contributed by atoms with Crippen molar-refractivity contribution in [1.82, 2.24) is 24.5 Å². The second-order valence-corrected chi connectivity index (χ2v) is 6.86. The van der Waals surface area contributed by atoms with Crippen molar-refractivity contribution in [3.8, 4) is 0 Å². The molecule has 1 aliphatic rings. The highest BCUT2D eigenvalue weighted by Gasteiger charge is 2.37. The van der Waals surface area contributed by atoms with Gasteiger partial charge < -0.3 is 4.74 Å². The van der Waals surface area contributed by atoms with E-state index in [2.05, 4.69) is 29.0 Å². The van der Waals surface area contributed by atoms with E-state index >= 15 is 0 Å². The van der Waals surface area contributed by atoms with Crippen molar-refractivity contribution in [2.24, 2.45) is 5.92 Å². The monoisotopic (exact) mass is 339 g/mol. The number of aromatic nitrogens is 5. The zero-order valence-electron chi connectivity index (χ0n) is 14.4. The van der Waals surface area contributed by atoms with Gasteiger partial charge in [0.05, 0.1) is 18.2 Å². The van der Waals surface area contributed by atoms with Gasteiger partial charge in [0.15, 0.2) is 5.65 Å². The predicted octanol–water partition coefficient (Wildman–Crippen LogP) is 2.90. The van der Waals surface area contributed by atoms with Crippen LogP contribution in [0, 0.1) is 5.92 Å². The summed E-state index contributed by atoms with van der Waals surface area (Å²) < 4.78 is 9.26. The summed E-state index contributed by atoms with van der Waals surface area (Å²) in [6, 6.07) is 4.45. The Kier molecular flexibility index (Phi) is 3.99. The number of carbonyl (C=O) groups excluding carboxylic acids is 1. The number of esters is 1. The minimum Gasteiger partial charge on any atom is -0.461 e. The number of hydrogen-bond acceptors (Lipinski definition) is 5. The second-order valence-electron chi connectivity index (χ2n) is 6.86. The number of hydrogen-bond donors (Lipinski definition) is 0. The molecule has 1 saturated carbocycles. The summed E-state index contributed by atoms with van der Waals surface area (Å²) in [5, 5.41) is 9.53. The Morgan fingerprint density at radius 1 is 1.32 bits per heavy atom. The van der Waals surface area contributed by atoms with Gasteiger partial charge in [-0.15, -0.1) is 0 Å². The summed E-state index contributed by atoms with van der Waals surface area (Å²) in [6.45, 7) is 4.38. The molecular formula is C18H21N5O2. The largest absolute Gasteiger partial charge is 0.461 e. The molecule has 1 fully saturated rings. The molecule has 130 valence electrons. The summed E-state index contributed by atoms with van der Waals surface area (Å²) in [4.78, 5) is 16.6. The van der Waals surface area contributed by atoms with Gasteiger partial charge in [-0.05, 0) is 38.8 Å². The van der Waals surface area contributed by atoms with Crippen LogP contribution >= 0.6 is 0 Å². The van der Waals surface area contributed by atoms with Gasteiger partial charge in [0.1, 0.15) is 6.61 Å². The Morgan fingerprint density at radius 3 is 2.88 bits per heavy atom. The topological polar surface area (TPSA) is 74.8 Å². The third-order valence-electron chi connectivity index (χ3n) is 4.71. The fourth-order valence-corrected chi connectivity index (χ4v) is 3.21. The number of rotatable bonds is 5. The zero-order chi connectivity index (χ0) is 17.4. The third-order valence-corrected chi connectivity index (χ3v) is 4.71. The van der Waals surface area contributed by atoms with E-state index in [-0.39, 0.29) is 24.5 Å². The van der Waals surface area contributed by atoms with Gasteiger partial charge in [-0.25, -0.2) is 9.67 Å². The molecule has 3 heterocycles. The molecule has 25 heavy (non-hydrogen) atoms. The molecule has 0 atom stereocenters. The van der Waals surface area contributed by atoms with E-state index < -0.39 is 0 Å². The molecule has 0 aromatic carbocycles. The number of pyridine rings is 1. The van der Waals surface area contributed by atoms with Gasteiger partial charge in [-0.3, -0.25) is 9.48 Å². The van der Waals surface area contributed by atoms with Gasteiger partial charge >= 0.3 is 5.97 Å². The molecule has 0 bridgehead atoms. The van der Waals surface area contributed by atoms with E-state index in [0.29, 0.717) is 6.04 Å². The van der Waals surface area contributed by atoms with Crippen LogP contribution in [-0.2, 0) is 16.1 Å². The van der Waals surface area contributed by atoms with E-state index in [9.17, 15) is 4.79 Å². The lowest BCUT2D eigenvalue weighted by Gasteiger charge is -2.33. The summed E-state index contributed by atoms with van der Waals surface area (Å²) in [5.74, 6) is -0.170. The first-order valence-corrected chi connectivity index (χ1v) is 8.59. The van der Waals surface area contributed by atoms with Crippen LogP contribution in [0.4, 0.5) is 0 Å². The number of ether oxygens (including phenoxy) is 1. The first kappa shape index (κ1) is 15.8. The lowest BCUT2D eigenvalue weighted by molar-refractivity contribution is -0.154. The number of carbonyl (C=O) groups is 1. The Morgan fingerprint density at radius 2 is 2.16 bits per heavy atom. The van der Waals surface area contributed by atoms with Crippen LogP contribution in [0.5, 0.6) is 0 Å². The fourth-order valence-electron chi connectivity index (χ4n) is 3.21. The Hall–Kier alpha value is -2.70. The summed E-state index contributed by atoms with van der Waals surface area (Å²) in [6.07, 6.45) is 8.83. The van der Waals surface area contributed by atoms with E-state index in [1.807, 2.05) is 27.7 Å². The molecule has 0 spiro atoms. The third kappa shape index (κ3) is 3.01. The van der Waals surface area contributed by atoms with E-state index in [1.54, 1.807) is 18.6 Å². The maximum absolute atomic E-state index is 12.2. The molecule has 7 heteroatoms. The van der Waals surface area contributed by atoms with E-state index in [0.717, 1.165) is 29.4 Å². The van der Waals surface area contributed by atoms with Gasteiger partial charge in [-0.1, -0.05) is 0 Å². The molecular weight excluding hydrogens is 318 g/mol. The lowest BCUT2D eigenvalue weighted by Crippen LogP contribution is -2.33. The smallest absolute Gasteiger partial charge is 0.309 e. The summed E-state index contributed by atoms with van der Waals surface area (Å²) >= 11 is 0. The maximum atomic E-state index is 12.2. The Labute approximate surface area is 145 Å². The molecule has 3 aromatic heterocycles. The van der Waals surface area contributed by atoms with Gasteiger partial charge in [0, 0.05) is 35.6 Å². The van der Waals surface area contributed by atoms with Gasteiger partial charge in [0.2, 0.25) is 0 Å². The van der Waals surface area contributed by atoms with Crippen molar-refractivity contribution in [1.29, 1.82) is 0 Å². The van der Waals surface area contributed by atoms with Crippen molar-refractivity contribution < 1.29 is 9.53 Å². The quantitative estimate of drug-likeness (QED) is 0.668. The molecule has 0 saturated heterocycles. The normalized spacial score (nSPS) is 20.0. The average molecular weight is 339 g/mol. The van der Waals surface area contributed by atoms with Crippen LogP contribution in [0.2, 0.25) is 0 Å². The maximum Gasteiger partial charge on any atom is 0.309 e. The Balaban J connectivity index is 1.34. The fraction of sp³-hybridized carbons (Fsp3) is 0.444. The van der Waals surface area contributed by atoms with E-state index in [4.69, 9.17) is 4.74 Å². The zero-order valence-corrected chi connectivity index (χ0v) is 14.4. The molecule has 0 aliphatic heterocycles. The number of fused-ring (bicyclic) bond motifs is 1. The minimum absolute atomic E-state index is 0.0328. The number of nitrogens with zero attached hydrogens (tertiary/aromatic N) is 5. The van der Waals surface area contributed by atoms with Crippen molar-refractivity contribution in [3.05, 3.63) is 42.5 Å². The van der Waals surface area contributed by atoms with Crippen LogP contribution in [0.25, 0.3) is 11.0 Å². The predicted molar refractivity (Wildman–Crippen MR) is 91.7 cm³/mol. The average Bonchev–Trinajstić information content (AvgIpc) is 3.20. The van der Waals surface area contributed by atoms with Crippen molar-refractivity contribution in [2.75, 3.05) is 0 Å². The molecule has 1 aliphatic carbocycles. The van der Waals surface area contributed by atoms with Gasteiger partial charge in [-0.2, -0.15) is 10.2 Å². The van der Waals surface area contributed by atoms with Crippen LogP contribution in [0.1, 0.15) is 44.3 Å². The lowest BCUT2D eigenvalue weighted by atomic mass is 9.80. The standard InChI is InChI=1S/C18H21N5O2/c1-12(2)23-17-15(10-21-23)6-13(9-19-17)11-25-18(24)14-7-16(8-14)22-5-3-4-20-22/h3-6,9-10,12,14,16H,7-8,11H2,1-2H3. The SMILES string of the molecule is CC(C)n1ncc2cc(COC(=O)C3CC(n4cccn4)C3)cnc21. The highest BCUT2D eigenvalue weighted by Crippen LogP contribution is 2.38. The molecule has 0 N–H and O–H groups in total. The first-order valence-electron chi connectivity index (χ1n) is 8.59. The van der Waals surface area contributed by atoms with Gasteiger partial charge in [0.25, 0.3) is 0 Å². The highest BCUT2D eigenvalue weighted by molar-refractivity contribution is 5.76. The van der Waals surface area contributed by atoms with Crippen molar-refractivity contribution in [2.45, 2.75) is 45.4 Å². The van der Waals surface area contributed by atoms with Crippen LogP contribution in [0.15, 0.2) is 36.9 Å².